The molecule has 0 aliphatic heterocycles. The summed E-state index contributed by atoms with van der Waals surface area (Å²) in [5.41, 5.74) is 0.210. The summed E-state index contributed by atoms with van der Waals surface area (Å²) >= 11 is 5.85. The molecule has 0 spiro atoms. The third kappa shape index (κ3) is 5.04. The molecule has 0 fully saturated rings. The lowest BCUT2D eigenvalue weighted by Crippen LogP contribution is -2.51. The Kier molecular flexibility index (Phi) is 6.19. The first-order chi connectivity index (χ1) is 9.78. The molecule has 0 bridgehead atoms. The summed E-state index contributed by atoms with van der Waals surface area (Å²) in [6.07, 6.45) is 0. The van der Waals surface area contributed by atoms with Crippen LogP contribution in [0.2, 0.25) is 5.02 Å². The average molecular weight is 308 g/mol. The lowest BCUT2D eigenvalue weighted by atomic mass is 9.90. The van der Waals surface area contributed by atoms with Crippen molar-refractivity contribution in [3.8, 4) is 6.07 Å². The number of nitrogens with one attached hydrogen (secondary N) is 2. The molecule has 0 heterocycles. The Morgan fingerprint density at radius 2 is 1.90 bits per heavy atom. The number of halogens is 1. The van der Waals surface area contributed by atoms with Crippen molar-refractivity contribution in [3.05, 3.63) is 34.9 Å². The first-order valence-electron chi connectivity index (χ1n) is 6.99. The smallest absolute Gasteiger partial charge is 0.235 e. The van der Waals surface area contributed by atoms with Gasteiger partial charge in [-0.2, -0.15) is 5.26 Å². The highest BCUT2D eigenvalue weighted by atomic mass is 35.5. The van der Waals surface area contributed by atoms with Crippen LogP contribution in [-0.2, 0) is 4.79 Å². The maximum atomic E-state index is 12.0. The lowest BCUT2D eigenvalue weighted by molar-refractivity contribution is -0.122. The number of hydrogen-bond acceptors (Lipinski definition) is 3. The van der Waals surface area contributed by atoms with Crippen LogP contribution in [0.1, 0.15) is 39.3 Å². The standard InChI is InChI=1S/C16H22ClN3O/c1-11(2)16(4,10-18)20-15(21)9-19-12(3)13-5-7-14(17)8-6-13/h5-8,11-12,19H,9H2,1-4H3,(H,20,21)/t12-,16+/m0/s1. The van der Waals surface area contributed by atoms with E-state index >= 15 is 0 Å². The normalized spacial score (nSPS) is 15.1. The van der Waals surface area contributed by atoms with E-state index in [2.05, 4.69) is 16.7 Å². The Morgan fingerprint density at radius 1 is 1.33 bits per heavy atom. The molecule has 2 N–H and O–H groups in total. The molecule has 0 aliphatic rings. The van der Waals surface area contributed by atoms with Crippen molar-refractivity contribution in [1.82, 2.24) is 10.6 Å². The maximum absolute atomic E-state index is 12.0. The molecular formula is C16H22ClN3O. The summed E-state index contributed by atoms with van der Waals surface area (Å²) in [6, 6.07) is 9.67. The molecule has 1 aromatic rings. The second-order valence-electron chi connectivity index (χ2n) is 5.67. The van der Waals surface area contributed by atoms with E-state index in [9.17, 15) is 10.1 Å². The Morgan fingerprint density at radius 3 is 2.38 bits per heavy atom. The van der Waals surface area contributed by atoms with Gasteiger partial charge in [0.25, 0.3) is 0 Å². The van der Waals surface area contributed by atoms with E-state index in [-0.39, 0.29) is 24.4 Å². The summed E-state index contributed by atoms with van der Waals surface area (Å²) in [5.74, 6) is -0.145. The fraction of sp³-hybridized carbons (Fsp3) is 0.500. The minimum atomic E-state index is -0.845. The van der Waals surface area contributed by atoms with Crippen LogP contribution < -0.4 is 10.6 Å². The Balaban J connectivity index is 2.53. The summed E-state index contributed by atoms with van der Waals surface area (Å²) < 4.78 is 0. The van der Waals surface area contributed by atoms with Gasteiger partial charge in [-0.05, 0) is 37.5 Å². The van der Waals surface area contributed by atoms with Crippen LogP contribution in [0.3, 0.4) is 0 Å². The van der Waals surface area contributed by atoms with Crippen LogP contribution in [-0.4, -0.2) is 18.0 Å². The van der Waals surface area contributed by atoms with E-state index in [0.29, 0.717) is 5.02 Å². The predicted octanol–water partition coefficient (Wildman–Crippen LogP) is 3.05. The van der Waals surface area contributed by atoms with Crippen molar-refractivity contribution < 1.29 is 4.79 Å². The maximum Gasteiger partial charge on any atom is 0.235 e. The number of hydrogen-bond donors (Lipinski definition) is 2. The number of benzene rings is 1. The highest BCUT2D eigenvalue weighted by Gasteiger charge is 2.29. The van der Waals surface area contributed by atoms with E-state index in [1.807, 2.05) is 45.0 Å². The number of rotatable bonds is 6. The fourth-order valence-corrected chi connectivity index (χ4v) is 1.88. The van der Waals surface area contributed by atoms with Crippen LogP contribution in [0.15, 0.2) is 24.3 Å². The third-order valence-corrected chi connectivity index (χ3v) is 3.98. The van der Waals surface area contributed by atoms with Crippen molar-refractivity contribution in [3.63, 3.8) is 0 Å². The predicted molar refractivity (Wildman–Crippen MR) is 84.9 cm³/mol. The molecule has 5 heteroatoms. The Labute approximate surface area is 131 Å². The SMILES string of the molecule is CC(C)[C@@](C)(C#N)NC(=O)CN[C@@H](C)c1ccc(Cl)cc1. The molecule has 0 aliphatic carbocycles. The van der Waals surface area contributed by atoms with Gasteiger partial charge in [0.15, 0.2) is 0 Å². The number of carbonyl (C=O) groups excluding carboxylic acids is 1. The zero-order chi connectivity index (χ0) is 16.0. The zero-order valence-corrected chi connectivity index (χ0v) is 13.7. The van der Waals surface area contributed by atoms with Gasteiger partial charge in [-0.15, -0.1) is 0 Å². The van der Waals surface area contributed by atoms with Gasteiger partial charge in [-0.3, -0.25) is 4.79 Å². The van der Waals surface area contributed by atoms with Gasteiger partial charge in [0.2, 0.25) is 5.91 Å². The second kappa shape index (κ2) is 7.44. The van der Waals surface area contributed by atoms with E-state index in [1.54, 1.807) is 6.92 Å². The summed E-state index contributed by atoms with van der Waals surface area (Å²) in [4.78, 5) is 12.0. The molecule has 0 aromatic heterocycles. The first-order valence-corrected chi connectivity index (χ1v) is 7.37. The molecule has 21 heavy (non-hydrogen) atoms. The fourth-order valence-electron chi connectivity index (χ4n) is 1.75. The van der Waals surface area contributed by atoms with Crippen LogP contribution >= 0.6 is 11.6 Å². The van der Waals surface area contributed by atoms with E-state index in [4.69, 9.17) is 11.6 Å². The first kappa shape index (κ1) is 17.5. The number of amides is 1. The highest BCUT2D eigenvalue weighted by Crippen LogP contribution is 2.16. The van der Waals surface area contributed by atoms with Gasteiger partial charge in [0.05, 0.1) is 12.6 Å². The van der Waals surface area contributed by atoms with Gasteiger partial charge in [-0.1, -0.05) is 37.6 Å². The molecule has 0 unspecified atom stereocenters. The molecule has 0 radical (unpaired) electrons. The molecule has 1 rings (SSSR count). The lowest BCUT2D eigenvalue weighted by Gasteiger charge is -2.27. The molecule has 2 atom stereocenters. The Hall–Kier alpha value is -1.57. The quantitative estimate of drug-likeness (QED) is 0.849. The van der Waals surface area contributed by atoms with Gasteiger partial charge >= 0.3 is 0 Å². The largest absolute Gasteiger partial charge is 0.337 e. The average Bonchev–Trinajstić information content (AvgIpc) is 2.45. The molecular weight excluding hydrogens is 286 g/mol. The molecule has 1 amide bonds. The van der Waals surface area contributed by atoms with Crippen molar-refractivity contribution in [2.24, 2.45) is 5.92 Å². The van der Waals surface area contributed by atoms with Gasteiger partial charge in [0, 0.05) is 11.1 Å². The molecule has 4 nitrogen and oxygen atoms in total. The van der Waals surface area contributed by atoms with Crippen molar-refractivity contribution in [2.75, 3.05) is 6.54 Å². The summed E-state index contributed by atoms with van der Waals surface area (Å²) in [7, 11) is 0. The molecule has 1 aromatic carbocycles. The molecule has 0 saturated carbocycles. The van der Waals surface area contributed by atoms with Crippen LogP contribution in [0.25, 0.3) is 0 Å². The van der Waals surface area contributed by atoms with E-state index < -0.39 is 5.54 Å². The van der Waals surface area contributed by atoms with Crippen molar-refractivity contribution in [1.29, 1.82) is 5.26 Å². The minimum absolute atomic E-state index is 0.0282. The van der Waals surface area contributed by atoms with Crippen LogP contribution in [0, 0.1) is 17.2 Å². The van der Waals surface area contributed by atoms with Gasteiger partial charge < -0.3 is 10.6 Å². The third-order valence-electron chi connectivity index (χ3n) is 3.72. The van der Waals surface area contributed by atoms with Gasteiger partial charge in [0.1, 0.15) is 5.54 Å². The number of nitrogens with zero attached hydrogens (tertiary/aromatic N) is 1. The van der Waals surface area contributed by atoms with Crippen LogP contribution in [0.4, 0.5) is 0 Å². The second-order valence-corrected chi connectivity index (χ2v) is 6.11. The monoisotopic (exact) mass is 307 g/mol. The van der Waals surface area contributed by atoms with Crippen molar-refractivity contribution in [2.45, 2.75) is 39.3 Å². The minimum Gasteiger partial charge on any atom is -0.337 e. The van der Waals surface area contributed by atoms with Crippen LogP contribution in [0.5, 0.6) is 0 Å². The highest BCUT2D eigenvalue weighted by molar-refractivity contribution is 6.30. The topological polar surface area (TPSA) is 64.9 Å². The summed E-state index contributed by atoms with van der Waals surface area (Å²) in [6.45, 7) is 7.69. The Bertz CT molecular complexity index is 521. The zero-order valence-electron chi connectivity index (χ0n) is 12.9. The number of carbonyl (C=O) groups is 1. The van der Waals surface area contributed by atoms with E-state index in [1.165, 1.54) is 0 Å². The summed E-state index contributed by atoms with van der Waals surface area (Å²) in [5, 5.41) is 15.8. The van der Waals surface area contributed by atoms with Crippen molar-refractivity contribution >= 4 is 17.5 Å². The van der Waals surface area contributed by atoms with E-state index in [0.717, 1.165) is 5.56 Å². The molecule has 114 valence electrons. The molecule has 0 saturated heterocycles. The number of nitriles is 1. The van der Waals surface area contributed by atoms with Gasteiger partial charge in [-0.25, -0.2) is 0 Å².